The van der Waals surface area contributed by atoms with Crippen LogP contribution in [-0.2, 0) is 9.53 Å². The normalized spacial score (nSPS) is 10.1. The Morgan fingerprint density at radius 2 is 2.10 bits per heavy atom. The Balaban J connectivity index is 1.85. The Morgan fingerprint density at radius 3 is 2.75 bits per heavy atom. The zero-order valence-corrected chi connectivity index (χ0v) is 11.6. The molecule has 1 heterocycles. The van der Waals surface area contributed by atoms with Crippen LogP contribution in [0.25, 0.3) is 0 Å². The fourth-order valence-corrected chi connectivity index (χ4v) is 2.33. The van der Waals surface area contributed by atoms with Gasteiger partial charge in [-0.2, -0.15) is 0 Å². The van der Waals surface area contributed by atoms with Crippen LogP contribution in [0.2, 0.25) is 4.34 Å². The maximum Gasteiger partial charge on any atom is 0.348 e. The monoisotopic (exact) mass is 313 g/mol. The summed E-state index contributed by atoms with van der Waals surface area (Å²) in [6, 6.07) is 8.50. The predicted octanol–water partition coefficient (Wildman–Crippen LogP) is 3.34. The van der Waals surface area contributed by atoms with E-state index in [1.54, 1.807) is 6.07 Å². The fourth-order valence-electron chi connectivity index (χ4n) is 1.39. The molecule has 1 aromatic heterocycles. The molecule has 4 nitrogen and oxygen atoms in total. The second-order valence-corrected chi connectivity index (χ2v) is 5.45. The van der Waals surface area contributed by atoms with E-state index in [-0.39, 0.29) is 0 Å². The summed E-state index contributed by atoms with van der Waals surface area (Å²) < 4.78 is 18.2. The van der Waals surface area contributed by atoms with Crippen LogP contribution in [0.3, 0.4) is 0 Å². The van der Waals surface area contributed by atoms with Crippen LogP contribution in [0.4, 0.5) is 10.1 Å². The van der Waals surface area contributed by atoms with Crippen molar-refractivity contribution in [3.05, 3.63) is 51.4 Å². The van der Waals surface area contributed by atoms with E-state index in [2.05, 4.69) is 5.32 Å². The number of rotatable bonds is 4. The molecule has 2 aromatic rings. The number of hydrogen-bond acceptors (Lipinski definition) is 4. The number of nitrogens with one attached hydrogen (secondary N) is 1. The largest absolute Gasteiger partial charge is 0.451 e. The number of carbonyl (C=O) groups excluding carboxylic acids is 2. The van der Waals surface area contributed by atoms with Gasteiger partial charge in [0.1, 0.15) is 10.7 Å². The van der Waals surface area contributed by atoms with Crippen LogP contribution in [0, 0.1) is 5.82 Å². The lowest BCUT2D eigenvalue weighted by Gasteiger charge is -2.05. The summed E-state index contributed by atoms with van der Waals surface area (Å²) in [5, 5.41) is 2.42. The Bertz CT molecular complexity index is 644. The molecule has 0 saturated heterocycles. The zero-order chi connectivity index (χ0) is 14.5. The second kappa shape index (κ2) is 6.49. The van der Waals surface area contributed by atoms with Gasteiger partial charge in [-0.25, -0.2) is 9.18 Å². The maximum atomic E-state index is 12.9. The lowest BCUT2D eigenvalue weighted by molar-refractivity contribution is -0.119. The first-order chi connectivity index (χ1) is 9.54. The van der Waals surface area contributed by atoms with Gasteiger partial charge < -0.3 is 10.1 Å². The summed E-state index contributed by atoms with van der Waals surface area (Å²) in [4.78, 5) is 23.4. The van der Waals surface area contributed by atoms with Crippen LogP contribution in [0.1, 0.15) is 9.67 Å². The number of carbonyl (C=O) groups is 2. The molecule has 0 aliphatic rings. The van der Waals surface area contributed by atoms with Crippen molar-refractivity contribution in [1.82, 2.24) is 0 Å². The summed E-state index contributed by atoms with van der Waals surface area (Å²) in [5.74, 6) is -1.64. The van der Waals surface area contributed by atoms with E-state index in [1.165, 1.54) is 30.3 Å². The summed E-state index contributed by atoms with van der Waals surface area (Å²) in [6.45, 7) is -0.454. The molecule has 0 spiro atoms. The van der Waals surface area contributed by atoms with Gasteiger partial charge >= 0.3 is 5.97 Å². The van der Waals surface area contributed by atoms with E-state index in [4.69, 9.17) is 16.3 Å². The number of amides is 1. The molecule has 0 bridgehead atoms. The van der Waals surface area contributed by atoms with Crippen LogP contribution >= 0.6 is 22.9 Å². The van der Waals surface area contributed by atoms with E-state index in [9.17, 15) is 14.0 Å². The molecular formula is C13H9ClFNO3S. The number of thiophene rings is 1. The Kier molecular flexibility index (Phi) is 4.70. The Hall–Kier alpha value is -1.92. The van der Waals surface area contributed by atoms with E-state index < -0.39 is 24.3 Å². The average Bonchev–Trinajstić information content (AvgIpc) is 2.83. The fraction of sp³-hybridized carbons (Fsp3) is 0.0769. The number of benzene rings is 1. The molecule has 2 rings (SSSR count). The van der Waals surface area contributed by atoms with E-state index in [0.717, 1.165) is 11.3 Å². The zero-order valence-electron chi connectivity index (χ0n) is 10.1. The van der Waals surface area contributed by atoms with Crippen LogP contribution in [-0.4, -0.2) is 18.5 Å². The number of hydrogen-bond donors (Lipinski definition) is 1. The molecule has 1 amide bonds. The first-order valence-electron chi connectivity index (χ1n) is 5.52. The van der Waals surface area contributed by atoms with Crippen molar-refractivity contribution in [3.63, 3.8) is 0 Å². The maximum absolute atomic E-state index is 12.9. The Labute approximate surface area is 123 Å². The number of anilines is 1. The molecule has 7 heteroatoms. The second-order valence-electron chi connectivity index (χ2n) is 3.74. The third-order valence-corrected chi connectivity index (χ3v) is 3.43. The molecule has 0 saturated carbocycles. The van der Waals surface area contributed by atoms with Gasteiger partial charge in [-0.05, 0) is 30.3 Å². The topological polar surface area (TPSA) is 55.4 Å². The van der Waals surface area contributed by atoms with Crippen LogP contribution in [0.15, 0.2) is 36.4 Å². The highest BCUT2D eigenvalue weighted by molar-refractivity contribution is 7.17. The van der Waals surface area contributed by atoms with Gasteiger partial charge in [0.15, 0.2) is 6.61 Å². The number of esters is 1. The van der Waals surface area contributed by atoms with Crippen molar-refractivity contribution in [1.29, 1.82) is 0 Å². The highest BCUT2D eigenvalue weighted by atomic mass is 35.5. The summed E-state index contributed by atoms with van der Waals surface area (Å²) in [7, 11) is 0. The molecule has 0 radical (unpaired) electrons. The van der Waals surface area contributed by atoms with Crippen molar-refractivity contribution in [2.24, 2.45) is 0 Å². The number of halogens is 2. The summed E-state index contributed by atoms with van der Waals surface area (Å²) in [6.07, 6.45) is 0. The molecular weight excluding hydrogens is 305 g/mol. The molecule has 104 valence electrons. The predicted molar refractivity (Wildman–Crippen MR) is 74.6 cm³/mol. The minimum Gasteiger partial charge on any atom is -0.451 e. The quantitative estimate of drug-likeness (QED) is 0.881. The molecule has 0 aliphatic carbocycles. The van der Waals surface area contributed by atoms with Crippen LogP contribution in [0.5, 0.6) is 0 Å². The summed E-state index contributed by atoms with van der Waals surface area (Å²) in [5.41, 5.74) is 0.296. The SMILES string of the molecule is O=C(COC(=O)c1ccc(Cl)s1)Nc1cccc(F)c1. The molecule has 0 unspecified atom stereocenters. The first kappa shape index (κ1) is 14.5. The molecule has 0 aliphatic heterocycles. The minimum absolute atomic E-state index is 0.296. The molecule has 1 N–H and O–H groups in total. The first-order valence-corrected chi connectivity index (χ1v) is 6.72. The summed E-state index contributed by atoms with van der Waals surface area (Å²) >= 11 is 6.75. The minimum atomic E-state index is -0.628. The third-order valence-electron chi connectivity index (χ3n) is 2.22. The smallest absolute Gasteiger partial charge is 0.348 e. The Morgan fingerprint density at radius 1 is 1.30 bits per heavy atom. The molecule has 20 heavy (non-hydrogen) atoms. The number of ether oxygens (including phenoxy) is 1. The van der Waals surface area contributed by atoms with Crippen molar-refractivity contribution in [2.75, 3.05) is 11.9 Å². The molecule has 1 aromatic carbocycles. The van der Waals surface area contributed by atoms with E-state index in [0.29, 0.717) is 14.9 Å². The lowest BCUT2D eigenvalue weighted by atomic mass is 10.3. The van der Waals surface area contributed by atoms with Crippen molar-refractivity contribution < 1.29 is 18.7 Å². The third kappa shape index (κ3) is 4.04. The van der Waals surface area contributed by atoms with Crippen molar-refractivity contribution >= 4 is 40.5 Å². The van der Waals surface area contributed by atoms with Gasteiger partial charge in [-0.1, -0.05) is 17.7 Å². The molecule has 0 atom stereocenters. The molecule has 0 fully saturated rings. The highest BCUT2D eigenvalue weighted by Crippen LogP contribution is 2.21. The van der Waals surface area contributed by atoms with Gasteiger partial charge in [-0.15, -0.1) is 11.3 Å². The van der Waals surface area contributed by atoms with Crippen LogP contribution < -0.4 is 5.32 Å². The standard InChI is InChI=1S/C13H9ClFNO3S/c14-11-5-4-10(20-11)13(18)19-7-12(17)16-9-3-1-2-8(15)6-9/h1-6H,7H2,(H,16,17). The highest BCUT2D eigenvalue weighted by Gasteiger charge is 2.12. The van der Waals surface area contributed by atoms with Gasteiger partial charge in [-0.3, -0.25) is 4.79 Å². The van der Waals surface area contributed by atoms with Crippen molar-refractivity contribution in [2.45, 2.75) is 0 Å². The van der Waals surface area contributed by atoms with E-state index >= 15 is 0 Å². The van der Waals surface area contributed by atoms with Crippen molar-refractivity contribution in [3.8, 4) is 0 Å². The van der Waals surface area contributed by atoms with Gasteiger partial charge in [0.05, 0.1) is 4.34 Å². The average molecular weight is 314 g/mol. The van der Waals surface area contributed by atoms with Gasteiger partial charge in [0.2, 0.25) is 0 Å². The lowest BCUT2D eigenvalue weighted by Crippen LogP contribution is -2.20. The van der Waals surface area contributed by atoms with Gasteiger partial charge in [0, 0.05) is 5.69 Å². The van der Waals surface area contributed by atoms with E-state index in [1.807, 2.05) is 0 Å². The van der Waals surface area contributed by atoms with Gasteiger partial charge in [0.25, 0.3) is 5.91 Å².